The van der Waals surface area contributed by atoms with Crippen LogP contribution in [0.4, 0.5) is 0 Å². The summed E-state index contributed by atoms with van der Waals surface area (Å²) >= 11 is 0. The highest BCUT2D eigenvalue weighted by Crippen LogP contribution is 2.73. The maximum atomic E-state index is 14.1. The smallest absolute Gasteiger partial charge is 0.309 e. The van der Waals surface area contributed by atoms with Crippen molar-refractivity contribution in [2.45, 2.75) is 166 Å². The van der Waals surface area contributed by atoms with Crippen molar-refractivity contribution in [3.8, 4) is 0 Å². The third kappa shape index (κ3) is 7.61. The van der Waals surface area contributed by atoms with Gasteiger partial charge in [0.1, 0.15) is 6.10 Å². The van der Waals surface area contributed by atoms with Crippen molar-refractivity contribution in [2.75, 3.05) is 26.2 Å². The van der Waals surface area contributed by atoms with E-state index in [2.05, 4.69) is 51.8 Å². The van der Waals surface area contributed by atoms with Crippen LogP contribution in [-0.2, 0) is 23.9 Å². The lowest BCUT2D eigenvalue weighted by atomic mass is 9.36. The van der Waals surface area contributed by atoms with Crippen LogP contribution in [0.2, 0.25) is 0 Å². The Hall–Kier alpha value is -2.22. The number of allylic oxidation sites excluding steroid dienone is 2. The lowest BCUT2D eigenvalue weighted by Gasteiger charge is -2.69. The number of ketones is 1. The van der Waals surface area contributed by atoms with Crippen LogP contribution in [-0.4, -0.2) is 65.9 Å². The summed E-state index contributed by atoms with van der Waals surface area (Å²) in [4.78, 5) is 53.2. The van der Waals surface area contributed by atoms with E-state index in [1.165, 1.54) is 44.1 Å². The predicted octanol–water partition coefficient (Wildman–Crippen LogP) is 9.25. The van der Waals surface area contributed by atoms with Crippen LogP contribution in [0.25, 0.3) is 0 Å². The molecule has 0 aromatic heterocycles. The molecule has 5 fully saturated rings. The molecule has 6 aliphatic carbocycles. The van der Waals surface area contributed by atoms with Crippen molar-refractivity contribution in [3.05, 3.63) is 11.1 Å². The van der Waals surface area contributed by atoms with Gasteiger partial charge in [0.2, 0.25) is 5.91 Å². The van der Waals surface area contributed by atoms with Crippen LogP contribution in [0.15, 0.2) is 11.1 Å². The second-order valence-electron chi connectivity index (χ2n) is 20.9. The average Bonchev–Trinajstić information content (AvgIpc) is 3.34. The predicted molar refractivity (Wildman–Crippen MR) is 215 cm³/mol. The van der Waals surface area contributed by atoms with E-state index in [9.17, 15) is 24.3 Å². The Balaban J connectivity index is 0.00000561. The molecule has 6 rings (SSSR count). The Kier molecular flexibility index (Phi) is 12.4. The summed E-state index contributed by atoms with van der Waals surface area (Å²) in [5.41, 5.74) is 1.67. The number of nitrogens with one attached hydrogen (secondary N) is 1. The van der Waals surface area contributed by atoms with Gasteiger partial charge >= 0.3 is 11.9 Å². The van der Waals surface area contributed by atoms with E-state index in [0.29, 0.717) is 42.4 Å². The molecule has 8 atom stereocenters. The van der Waals surface area contributed by atoms with E-state index in [1.54, 1.807) is 26.3 Å². The number of amides is 1. The summed E-state index contributed by atoms with van der Waals surface area (Å²) in [7, 11) is 0. The van der Waals surface area contributed by atoms with Crippen molar-refractivity contribution < 1.29 is 29.0 Å². The van der Waals surface area contributed by atoms with Gasteiger partial charge in [-0.15, -0.1) is 0 Å². The third-order valence-corrected chi connectivity index (χ3v) is 16.6. The largest absolute Gasteiger partial charge is 0.481 e. The normalized spacial score (nSPS) is 36.0. The molecule has 0 radical (unpaired) electrons. The average molecular weight is 753 g/mol. The van der Waals surface area contributed by atoms with Gasteiger partial charge in [0.25, 0.3) is 0 Å². The number of Topliss-reactive ketones (excluding diaryl/α,β-unsaturated/α-hetero) is 1. The zero-order valence-corrected chi connectivity index (χ0v) is 34.7. The maximum Gasteiger partial charge on any atom is 0.309 e. The van der Waals surface area contributed by atoms with Crippen LogP contribution in [0.3, 0.4) is 0 Å². The second-order valence-corrected chi connectivity index (χ2v) is 20.9. The van der Waals surface area contributed by atoms with Crippen molar-refractivity contribution >= 4 is 23.6 Å². The van der Waals surface area contributed by atoms with Gasteiger partial charge in [0, 0.05) is 43.8 Å². The van der Waals surface area contributed by atoms with Gasteiger partial charge < -0.3 is 20.1 Å². The lowest BCUT2D eigenvalue weighted by molar-refractivity contribution is -0.214. The van der Waals surface area contributed by atoms with Crippen LogP contribution >= 0.6 is 0 Å². The third-order valence-electron chi connectivity index (χ3n) is 16.6. The fraction of sp³-hybridized carbons (Fsp3) is 0.870. The number of carboxylic acids is 1. The number of hydrogen-bond acceptors (Lipinski definition) is 6. The molecule has 5 saturated carbocycles. The number of rotatable bonds is 13. The van der Waals surface area contributed by atoms with Crippen LogP contribution in [0.5, 0.6) is 0 Å². The Morgan fingerprint density at radius 3 is 2.22 bits per heavy atom. The maximum absolute atomic E-state index is 14.1. The summed E-state index contributed by atoms with van der Waals surface area (Å²) in [5, 5.41) is 12.6. The highest BCUT2D eigenvalue weighted by molar-refractivity contribution is 6.00. The molecule has 1 amide bonds. The topological polar surface area (TPSA) is 113 Å². The second kappa shape index (κ2) is 15.6. The number of carbonyl (C=O) groups excluding carboxylic acids is 3. The molecule has 6 aliphatic rings. The van der Waals surface area contributed by atoms with Gasteiger partial charge in [-0.2, -0.15) is 0 Å². The Bertz CT molecular complexity index is 1480. The molecule has 0 bridgehead atoms. The van der Waals surface area contributed by atoms with Crippen molar-refractivity contribution in [2.24, 2.45) is 62.6 Å². The molecule has 8 unspecified atom stereocenters. The summed E-state index contributed by atoms with van der Waals surface area (Å²) in [5.74, 6) is 2.10. The molecular formula is C46H76N2O6. The number of fused-ring (bicyclic) bond motifs is 7. The highest BCUT2D eigenvalue weighted by atomic mass is 16.5. The number of aliphatic carboxylic acids is 1. The van der Waals surface area contributed by atoms with Gasteiger partial charge in [-0.25, -0.2) is 0 Å². The fourth-order valence-corrected chi connectivity index (χ4v) is 13.7. The van der Waals surface area contributed by atoms with E-state index in [0.717, 1.165) is 64.1 Å². The molecule has 2 N–H and O–H groups in total. The number of carboxylic acid groups (broad SMARTS) is 1. The molecule has 0 saturated heterocycles. The van der Waals surface area contributed by atoms with Gasteiger partial charge in [0.15, 0.2) is 5.78 Å². The molecule has 0 aromatic rings. The summed E-state index contributed by atoms with van der Waals surface area (Å²) in [6, 6.07) is 0. The quantitative estimate of drug-likeness (QED) is 0.180. The molecule has 8 nitrogen and oxygen atoms in total. The number of ether oxygens (including phenoxy) is 1. The first-order valence-corrected chi connectivity index (χ1v) is 21.4. The van der Waals surface area contributed by atoms with E-state index in [1.807, 2.05) is 0 Å². The molecule has 0 aromatic carbocycles. The standard InChI is InChI=1S/C45H72N2O6.CH4/c1-28(2)38-33(49)25-45(21-23-47(24-22-46-29(3)48)27-30-11-10-12-30)20-15-32-31(39(38)45)13-14-35-43(32,8)18-16-34-42(6,7)36(17-19-44(34,35)9)53-37(50)26-41(4,5)40(51)52;/h28,30-32,34-36H,10-27H2,1-9H3,(H,46,48)(H,51,52);1H4. The van der Waals surface area contributed by atoms with Crippen LogP contribution < -0.4 is 5.32 Å². The van der Waals surface area contributed by atoms with Gasteiger partial charge in [-0.3, -0.25) is 19.2 Å². The van der Waals surface area contributed by atoms with Crippen LogP contribution in [0, 0.1) is 62.6 Å². The SMILES string of the molecule is C.CC(=O)NCCN(CCC12CCC3C(CCC4C3(C)CCC3C(C)(C)C(OC(=O)CC(C)(C)C(=O)O)CCC34C)C1=C(C(C)C)C(=O)C2)CC1CCC1. The molecule has 0 spiro atoms. The summed E-state index contributed by atoms with van der Waals surface area (Å²) < 4.78 is 6.18. The molecule has 54 heavy (non-hydrogen) atoms. The minimum atomic E-state index is -1.15. The first-order valence-electron chi connectivity index (χ1n) is 21.4. The number of esters is 1. The summed E-state index contributed by atoms with van der Waals surface area (Å²) in [6.45, 7) is 22.7. The Morgan fingerprint density at radius 2 is 1.61 bits per heavy atom. The van der Waals surface area contributed by atoms with Crippen molar-refractivity contribution in [3.63, 3.8) is 0 Å². The Morgan fingerprint density at radius 1 is 0.926 bits per heavy atom. The van der Waals surface area contributed by atoms with E-state index in [-0.39, 0.29) is 53.4 Å². The first-order chi connectivity index (χ1) is 24.7. The van der Waals surface area contributed by atoms with Crippen molar-refractivity contribution in [1.29, 1.82) is 0 Å². The Labute approximate surface area is 327 Å². The molecule has 306 valence electrons. The molecule has 0 heterocycles. The first kappa shape index (κ1) is 42.9. The fourth-order valence-electron chi connectivity index (χ4n) is 13.7. The minimum absolute atomic E-state index is 0. The zero-order chi connectivity index (χ0) is 38.7. The van der Waals surface area contributed by atoms with Gasteiger partial charge in [0.05, 0.1) is 11.8 Å². The van der Waals surface area contributed by atoms with E-state index >= 15 is 0 Å². The monoisotopic (exact) mass is 753 g/mol. The minimum Gasteiger partial charge on any atom is -0.481 e. The van der Waals surface area contributed by atoms with Gasteiger partial charge in [-0.05, 0) is 143 Å². The van der Waals surface area contributed by atoms with Crippen molar-refractivity contribution in [1.82, 2.24) is 10.2 Å². The van der Waals surface area contributed by atoms with Gasteiger partial charge in [-0.1, -0.05) is 61.0 Å². The zero-order valence-electron chi connectivity index (χ0n) is 34.7. The summed E-state index contributed by atoms with van der Waals surface area (Å²) in [6.07, 6.45) is 14.1. The number of nitrogens with zero attached hydrogens (tertiary/aromatic N) is 1. The number of carbonyl (C=O) groups is 4. The molecular weight excluding hydrogens is 677 g/mol. The lowest BCUT2D eigenvalue weighted by Crippen LogP contribution is -2.63. The molecule has 0 aliphatic heterocycles. The molecule has 8 heteroatoms. The van der Waals surface area contributed by atoms with Crippen LogP contribution in [0.1, 0.15) is 160 Å². The highest BCUT2D eigenvalue weighted by Gasteiger charge is 2.66. The van der Waals surface area contributed by atoms with E-state index < -0.39 is 17.4 Å². The van der Waals surface area contributed by atoms with E-state index in [4.69, 9.17) is 4.74 Å². The number of hydrogen-bond donors (Lipinski definition) is 2.